The van der Waals surface area contributed by atoms with Gasteiger partial charge in [-0.3, -0.25) is 0 Å². The van der Waals surface area contributed by atoms with Gasteiger partial charge in [-0.15, -0.1) is 0 Å². The van der Waals surface area contributed by atoms with Crippen LogP contribution in [0.4, 0.5) is 4.79 Å². The summed E-state index contributed by atoms with van der Waals surface area (Å²) in [4.78, 5) is 10.9. The van der Waals surface area contributed by atoms with E-state index in [1.165, 1.54) is 0 Å². The number of hydrogen-bond acceptors (Lipinski definition) is 2. The topological polar surface area (TPSA) is 64.4 Å². The highest BCUT2D eigenvalue weighted by Crippen LogP contribution is 2.22. The van der Waals surface area contributed by atoms with Crippen LogP contribution in [0.3, 0.4) is 0 Å². The van der Waals surface area contributed by atoms with E-state index in [0.717, 1.165) is 31.2 Å². The van der Waals surface area contributed by atoms with Gasteiger partial charge in [-0.1, -0.05) is 43.2 Å². The summed E-state index contributed by atoms with van der Waals surface area (Å²) < 4.78 is 5.91. The highest BCUT2D eigenvalue weighted by molar-refractivity contribution is 5.72. The summed E-state index contributed by atoms with van der Waals surface area (Å²) in [5.41, 5.74) is 6.34. The Morgan fingerprint density at radius 1 is 1.28 bits per heavy atom. The van der Waals surface area contributed by atoms with E-state index in [0.29, 0.717) is 6.61 Å². The van der Waals surface area contributed by atoms with Crippen LogP contribution < -0.4 is 11.1 Å². The van der Waals surface area contributed by atoms with E-state index in [1.807, 2.05) is 30.3 Å². The Bertz CT molecular complexity index is 381. The minimum Gasteiger partial charge on any atom is -0.371 e. The van der Waals surface area contributed by atoms with Crippen molar-refractivity contribution in [3.63, 3.8) is 0 Å². The molecule has 18 heavy (non-hydrogen) atoms. The Morgan fingerprint density at radius 2 is 2.00 bits per heavy atom. The van der Waals surface area contributed by atoms with Gasteiger partial charge in [0.05, 0.1) is 18.8 Å². The lowest BCUT2D eigenvalue weighted by Crippen LogP contribution is -2.48. The lowest BCUT2D eigenvalue weighted by molar-refractivity contribution is -0.00238. The van der Waals surface area contributed by atoms with Crippen LogP contribution >= 0.6 is 0 Å². The van der Waals surface area contributed by atoms with Gasteiger partial charge in [0.15, 0.2) is 0 Å². The average Bonchev–Trinajstić information content (AvgIpc) is 2.38. The molecule has 1 fully saturated rings. The van der Waals surface area contributed by atoms with E-state index in [4.69, 9.17) is 10.5 Å². The molecular formula is C14H20N2O2. The number of ether oxygens (including phenoxy) is 1. The number of carbonyl (C=O) groups is 1. The normalized spacial score (nSPS) is 23.6. The molecule has 1 aliphatic rings. The van der Waals surface area contributed by atoms with Gasteiger partial charge in [-0.25, -0.2) is 4.79 Å². The lowest BCUT2D eigenvalue weighted by atomic mass is 9.92. The summed E-state index contributed by atoms with van der Waals surface area (Å²) >= 11 is 0. The highest BCUT2D eigenvalue weighted by Gasteiger charge is 2.26. The van der Waals surface area contributed by atoms with Crippen LogP contribution in [0.25, 0.3) is 0 Å². The summed E-state index contributed by atoms with van der Waals surface area (Å²) in [5, 5.41) is 2.78. The highest BCUT2D eigenvalue weighted by atomic mass is 16.5. The Balaban J connectivity index is 1.87. The van der Waals surface area contributed by atoms with Crippen molar-refractivity contribution in [2.45, 2.75) is 44.4 Å². The second kappa shape index (κ2) is 6.40. The largest absolute Gasteiger partial charge is 0.371 e. The van der Waals surface area contributed by atoms with Gasteiger partial charge in [0, 0.05) is 0 Å². The van der Waals surface area contributed by atoms with E-state index in [-0.39, 0.29) is 12.1 Å². The van der Waals surface area contributed by atoms with Crippen molar-refractivity contribution in [3.8, 4) is 0 Å². The zero-order valence-electron chi connectivity index (χ0n) is 10.5. The van der Waals surface area contributed by atoms with Crippen molar-refractivity contribution in [2.24, 2.45) is 5.73 Å². The van der Waals surface area contributed by atoms with Crippen LogP contribution in [0.2, 0.25) is 0 Å². The molecule has 2 rings (SSSR count). The van der Waals surface area contributed by atoms with Gasteiger partial charge in [-0.05, 0) is 18.4 Å². The van der Waals surface area contributed by atoms with E-state index in [9.17, 15) is 4.79 Å². The number of primary amides is 1. The molecule has 1 saturated carbocycles. The molecule has 0 bridgehead atoms. The van der Waals surface area contributed by atoms with E-state index in [1.54, 1.807) is 0 Å². The van der Waals surface area contributed by atoms with E-state index in [2.05, 4.69) is 5.32 Å². The molecule has 3 N–H and O–H groups in total. The fraction of sp³-hybridized carbons (Fsp3) is 0.500. The van der Waals surface area contributed by atoms with E-state index < -0.39 is 6.03 Å². The smallest absolute Gasteiger partial charge is 0.312 e. The molecule has 0 saturated heterocycles. The summed E-state index contributed by atoms with van der Waals surface area (Å²) in [7, 11) is 0. The standard InChI is InChI=1S/C14H20N2O2/c15-14(17)16-12-8-4-5-9-13(12)18-10-11-6-2-1-3-7-11/h1-3,6-7,12-13H,4-5,8-10H2,(H3,15,16,17)/t12-,13-/m1/s1. The zero-order valence-corrected chi connectivity index (χ0v) is 10.5. The van der Waals surface area contributed by atoms with Crippen LogP contribution in [0.1, 0.15) is 31.2 Å². The molecule has 2 atom stereocenters. The molecule has 2 amide bonds. The molecule has 0 aliphatic heterocycles. The summed E-state index contributed by atoms with van der Waals surface area (Å²) in [5.74, 6) is 0. The molecule has 4 heteroatoms. The van der Waals surface area contributed by atoms with Gasteiger partial charge in [0.25, 0.3) is 0 Å². The Morgan fingerprint density at radius 3 is 2.72 bits per heavy atom. The maximum atomic E-state index is 10.9. The maximum absolute atomic E-state index is 10.9. The fourth-order valence-electron chi connectivity index (χ4n) is 2.42. The molecule has 0 radical (unpaired) electrons. The van der Waals surface area contributed by atoms with Crippen LogP contribution in [-0.4, -0.2) is 18.2 Å². The number of rotatable bonds is 4. The molecule has 1 aromatic carbocycles. The minimum absolute atomic E-state index is 0.0555. The van der Waals surface area contributed by atoms with Crippen molar-refractivity contribution in [3.05, 3.63) is 35.9 Å². The first-order valence-electron chi connectivity index (χ1n) is 6.47. The van der Waals surface area contributed by atoms with Crippen molar-refractivity contribution in [1.82, 2.24) is 5.32 Å². The molecule has 1 aliphatic carbocycles. The second-order valence-electron chi connectivity index (χ2n) is 4.73. The number of amides is 2. The van der Waals surface area contributed by atoms with Crippen molar-refractivity contribution in [1.29, 1.82) is 0 Å². The SMILES string of the molecule is NC(=O)N[C@@H]1CCCC[C@H]1OCc1ccccc1. The molecule has 0 unspecified atom stereocenters. The predicted molar refractivity (Wildman–Crippen MR) is 70.0 cm³/mol. The number of carbonyl (C=O) groups excluding carboxylic acids is 1. The monoisotopic (exact) mass is 248 g/mol. The molecular weight excluding hydrogens is 228 g/mol. The third-order valence-electron chi connectivity index (χ3n) is 3.34. The van der Waals surface area contributed by atoms with Gasteiger partial charge in [0.2, 0.25) is 0 Å². The predicted octanol–water partition coefficient (Wildman–Crippen LogP) is 2.18. The van der Waals surface area contributed by atoms with Crippen molar-refractivity contribution < 1.29 is 9.53 Å². The van der Waals surface area contributed by atoms with E-state index >= 15 is 0 Å². The number of nitrogens with two attached hydrogens (primary N) is 1. The van der Waals surface area contributed by atoms with Gasteiger partial charge < -0.3 is 15.8 Å². The van der Waals surface area contributed by atoms with Crippen molar-refractivity contribution in [2.75, 3.05) is 0 Å². The minimum atomic E-state index is -0.463. The Hall–Kier alpha value is -1.55. The number of benzene rings is 1. The average molecular weight is 248 g/mol. The number of hydrogen-bond donors (Lipinski definition) is 2. The molecule has 0 aromatic heterocycles. The Labute approximate surface area is 108 Å². The quantitative estimate of drug-likeness (QED) is 0.857. The first kappa shape index (κ1) is 12.9. The van der Waals surface area contributed by atoms with Crippen LogP contribution in [-0.2, 0) is 11.3 Å². The Kier molecular flexibility index (Phi) is 4.59. The molecule has 1 aromatic rings. The molecule has 0 spiro atoms. The van der Waals surface area contributed by atoms with Gasteiger partial charge in [-0.2, -0.15) is 0 Å². The fourth-order valence-corrected chi connectivity index (χ4v) is 2.42. The number of nitrogens with one attached hydrogen (secondary N) is 1. The van der Waals surface area contributed by atoms with Crippen LogP contribution in [0.15, 0.2) is 30.3 Å². The third-order valence-corrected chi connectivity index (χ3v) is 3.34. The van der Waals surface area contributed by atoms with Gasteiger partial charge in [0.1, 0.15) is 0 Å². The van der Waals surface area contributed by atoms with Gasteiger partial charge >= 0.3 is 6.03 Å². The molecule has 4 nitrogen and oxygen atoms in total. The first-order chi connectivity index (χ1) is 8.75. The molecule has 98 valence electrons. The second-order valence-corrected chi connectivity index (χ2v) is 4.73. The summed E-state index contributed by atoms with van der Waals surface area (Å²) in [6, 6.07) is 9.66. The first-order valence-corrected chi connectivity index (χ1v) is 6.47. The van der Waals surface area contributed by atoms with Crippen molar-refractivity contribution >= 4 is 6.03 Å². The van der Waals surface area contributed by atoms with Crippen LogP contribution in [0, 0.1) is 0 Å². The summed E-state index contributed by atoms with van der Waals surface area (Å²) in [6.45, 7) is 0.586. The summed E-state index contributed by atoms with van der Waals surface area (Å²) in [6.07, 6.45) is 4.28. The molecule has 0 heterocycles. The third kappa shape index (κ3) is 3.74. The maximum Gasteiger partial charge on any atom is 0.312 e. The zero-order chi connectivity index (χ0) is 12.8. The lowest BCUT2D eigenvalue weighted by Gasteiger charge is -2.31. The van der Waals surface area contributed by atoms with Crippen LogP contribution in [0.5, 0.6) is 0 Å². The number of urea groups is 1.